The molecule has 2 aromatic carbocycles. The second-order valence-corrected chi connectivity index (χ2v) is 6.16. The first-order valence-corrected chi connectivity index (χ1v) is 8.65. The lowest BCUT2D eigenvalue weighted by atomic mass is 10.1. The second kappa shape index (κ2) is 9.06. The quantitative estimate of drug-likeness (QED) is 0.461. The molecule has 0 aromatic heterocycles. The normalized spacial score (nSPS) is 11.0. The van der Waals surface area contributed by atoms with Crippen LogP contribution in [0.1, 0.15) is 12.5 Å². The minimum atomic E-state index is 0. The lowest BCUT2D eigenvalue weighted by Crippen LogP contribution is -2.33. The molecule has 2 N–H and O–H groups in total. The molecule has 0 unspecified atom stereocenters. The fourth-order valence-corrected chi connectivity index (χ4v) is 2.61. The van der Waals surface area contributed by atoms with Crippen LogP contribution in [-0.4, -0.2) is 19.3 Å². The van der Waals surface area contributed by atoms with E-state index in [0.29, 0.717) is 16.7 Å². The molecule has 0 amide bonds. The van der Waals surface area contributed by atoms with Crippen LogP contribution in [0.25, 0.3) is 0 Å². The molecule has 6 heteroatoms. The number of aryl methyl sites for hydroxylation is 1. The average molecular weight is 370 g/mol. The molecule has 124 valence electrons. The fourth-order valence-electron chi connectivity index (χ4n) is 2.02. The van der Waals surface area contributed by atoms with Crippen LogP contribution in [0.4, 0.5) is 11.4 Å². The maximum atomic E-state index is 6.21. The van der Waals surface area contributed by atoms with Crippen LogP contribution < -0.4 is 10.6 Å². The van der Waals surface area contributed by atoms with Crippen molar-refractivity contribution in [3.63, 3.8) is 0 Å². The van der Waals surface area contributed by atoms with E-state index < -0.39 is 0 Å². The van der Waals surface area contributed by atoms with Gasteiger partial charge in [0.2, 0.25) is 5.96 Å². The zero-order chi connectivity index (χ0) is 16.1. The van der Waals surface area contributed by atoms with Crippen molar-refractivity contribution in [3.8, 4) is 0 Å². The van der Waals surface area contributed by atoms with Crippen LogP contribution in [0.5, 0.6) is 0 Å². The molecule has 0 spiro atoms. The fraction of sp³-hybridized carbons (Fsp3) is 0.235. The number of aliphatic imine (C=N–C) groups is 1. The summed E-state index contributed by atoms with van der Waals surface area (Å²) < 4.78 is 0. The summed E-state index contributed by atoms with van der Waals surface area (Å²) >= 11 is 7.85. The average Bonchev–Trinajstić information content (AvgIpc) is 2.56. The van der Waals surface area contributed by atoms with Crippen molar-refractivity contribution in [3.05, 3.63) is 53.1 Å². The van der Waals surface area contributed by atoms with E-state index in [9.17, 15) is 0 Å². The molecule has 0 aliphatic heterocycles. The summed E-state index contributed by atoms with van der Waals surface area (Å²) in [4.78, 5) is 7.44. The molecule has 2 rings (SSSR count). The molecular formula is C17H21Cl2N3S. The highest BCUT2D eigenvalue weighted by molar-refractivity contribution is 7.98. The first kappa shape index (κ1) is 19.7. The van der Waals surface area contributed by atoms with Gasteiger partial charge < -0.3 is 10.6 Å². The number of nitrogens with zero attached hydrogens (tertiary/aromatic N) is 2. The Balaban J connectivity index is 0.00000264. The molecule has 2 aromatic rings. The van der Waals surface area contributed by atoms with Crippen molar-refractivity contribution in [1.82, 2.24) is 0 Å². The van der Waals surface area contributed by atoms with E-state index in [1.165, 1.54) is 5.56 Å². The molecule has 0 heterocycles. The summed E-state index contributed by atoms with van der Waals surface area (Å²) in [5, 5.41) is 0.594. The van der Waals surface area contributed by atoms with Gasteiger partial charge in [0.05, 0.1) is 10.7 Å². The Kier molecular flexibility index (Phi) is 7.76. The van der Waals surface area contributed by atoms with E-state index in [1.54, 1.807) is 11.8 Å². The van der Waals surface area contributed by atoms with E-state index in [-0.39, 0.29) is 12.4 Å². The van der Waals surface area contributed by atoms with Gasteiger partial charge in [-0.25, -0.2) is 4.99 Å². The third kappa shape index (κ3) is 5.06. The van der Waals surface area contributed by atoms with Gasteiger partial charge in [-0.1, -0.05) is 30.7 Å². The van der Waals surface area contributed by atoms with E-state index in [4.69, 9.17) is 17.3 Å². The Bertz CT molecular complexity index is 689. The SMILES string of the molecule is CCc1cccc(N(C)C(N)=Nc2cc(SC)ccc2Cl)c1.Cl. The van der Waals surface area contributed by atoms with E-state index in [1.807, 2.05) is 48.5 Å². The largest absolute Gasteiger partial charge is 0.369 e. The highest BCUT2D eigenvalue weighted by Gasteiger charge is 2.08. The van der Waals surface area contributed by atoms with Gasteiger partial charge in [0.1, 0.15) is 0 Å². The number of thioether (sulfide) groups is 1. The molecule has 3 nitrogen and oxygen atoms in total. The first-order valence-electron chi connectivity index (χ1n) is 7.05. The van der Waals surface area contributed by atoms with Crippen LogP contribution in [-0.2, 0) is 6.42 Å². The van der Waals surface area contributed by atoms with Crippen LogP contribution in [0, 0.1) is 0 Å². The zero-order valence-electron chi connectivity index (χ0n) is 13.4. The van der Waals surface area contributed by atoms with E-state index >= 15 is 0 Å². The van der Waals surface area contributed by atoms with E-state index in [0.717, 1.165) is 17.0 Å². The maximum Gasteiger partial charge on any atom is 0.200 e. The zero-order valence-corrected chi connectivity index (χ0v) is 15.8. The van der Waals surface area contributed by atoms with Gasteiger partial charge in [0.15, 0.2) is 0 Å². The van der Waals surface area contributed by atoms with Crippen molar-refractivity contribution >= 4 is 53.1 Å². The monoisotopic (exact) mass is 369 g/mol. The first-order chi connectivity index (χ1) is 10.5. The number of halogens is 2. The number of anilines is 1. The lowest BCUT2D eigenvalue weighted by molar-refractivity contribution is 1.13. The number of hydrogen-bond donors (Lipinski definition) is 1. The molecule has 0 aliphatic rings. The number of guanidine groups is 1. The lowest BCUT2D eigenvalue weighted by Gasteiger charge is -2.19. The van der Waals surface area contributed by atoms with Crippen molar-refractivity contribution in [2.75, 3.05) is 18.2 Å². The predicted molar refractivity (Wildman–Crippen MR) is 106 cm³/mol. The Morgan fingerprint density at radius 1 is 1.26 bits per heavy atom. The van der Waals surface area contributed by atoms with Crippen molar-refractivity contribution < 1.29 is 0 Å². The van der Waals surface area contributed by atoms with Gasteiger partial charge in [-0.3, -0.25) is 0 Å². The van der Waals surface area contributed by atoms with Crippen LogP contribution >= 0.6 is 35.8 Å². The smallest absolute Gasteiger partial charge is 0.200 e. The molecule has 23 heavy (non-hydrogen) atoms. The Labute approximate surface area is 153 Å². The van der Waals surface area contributed by atoms with Gasteiger partial charge in [-0.15, -0.1) is 24.2 Å². The van der Waals surface area contributed by atoms with Gasteiger partial charge in [-0.05, 0) is 48.6 Å². The molecule has 0 saturated carbocycles. The standard InChI is InChI=1S/C17H20ClN3S.ClH/c1-4-12-6-5-7-13(10-12)21(2)17(19)20-16-11-14(22-3)8-9-15(16)18;/h5-11H,4H2,1-3H3,(H2,19,20);1H. The Hall–Kier alpha value is -1.36. The highest BCUT2D eigenvalue weighted by Crippen LogP contribution is 2.30. The number of nitrogens with two attached hydrogens (primary N) is 1. The minimum absolute atomic E-state index is 0. The molecule has 0 saturated heterocycles. The molecule has 0 bridgehead atoms. The van der Waals surface area contributed by atoms with Crippen LogP contribution in [0.15, 0.2) is 52.4 Å². The molecule has 0 radical (unpaired) electrons. The van der Waals surface area contributed by atoms with Crippen LogP contribution in [0.3, 0.4) is 0 Å². The summed E-state index contributed by atoms with van der Waals surface area (Å²) in [6.07, 6.45) is 3.00. The van der Waals surface area contributed by atoms with Crippen molar-refractivity contribution in [2.45, 2.75) is 18.2 Å². The molecular weight excluding hydrogens is 349 g/mol. The number of benzene rings is 2. The molecule has 0 aliphatic carbocycles. The third-order valence-corrected chi connectivity index (χ3v) is 4.48. The van der Waals surface area contributed by atoms with Crippen molar-refractivity contribution in [1.29, 1.82) is 0 Å². The summed E-state index contributed by atoms with van der Waals surface area (Å²) in [6.45, 7) is 2.13. The number of hydrogen-bond acceptors (Lipinski definition) is 2. The topological polar surface area (TPSA) is 41.6 Å². The summed E-state index contributed by atoms with van der Waals surface area (Å²) in [7, 11) is 1.90. The highest BCUT2D eigenvalue weighted by atomic mass is 35.5. The van der Waals surface area contributed by atoms with E-state index in [2.05, 4.69) is 24.0 Å². The summed E-state index contributed by atoms with van der Waals surface area (Å²) in [5.74, 6) is 0.411. The van der Waals surface area contributed by atoms with Crippen molar-refractivity contribution in [2.24, 2.45) is 10.7 Å². The molecule has 0 fully saturated rings. The minimum Gasteiger partial charge on any atom is -0.369 e. The molecule has 0 atom stereocenters. The summed E-state index contributed by atoms with van der Waals surface area (Å²) in [5.41, 5.74) is 9.10. The van der Waals surface area contributed by atoms with Gasteiger partial charge in [-0.2, -0.15) is 0 Å². The summed E-state index contributed by atoms with van der Waals surface area (Å²) in [6, 6.07) is 14.0. The number of rotatable bonds is 4. The Morgan fingerprint density at radius 2 is 2.00 bits per heavy atom. The third-order valence-electron chi connectivity index (χ3n) is 3.44. The second-order valence-electron chi connectivity index (χ2n) is 4.87. The van der Waals surface area contributed by atoms with Crippen LogP contribution in [0.2, 0.25) is 5.02 Å². The Morgan fingerprint density at radius 3 is 2.65 bits per heavy atom. The van der Waals surface area contributed by atoms with Gasteiger partial charge in [0.25, 0.3) is 0 Å². The van der Waals surface area contributed by atoms with Gasteiger partial charge in [0, 0.05) is 17.6 Å². The van der Waals surface area contributed by atoms with Gasteiger partial charge >= 0.3 is 0 Å². The predicted octanol–water partition coefficient (Wildman–Crippen LogP) is 5.13. The maximum absolute atomic E-state index is 6.21.